The maximum atomic E-state index is 11.7. The summed E-state index contributed by atoms with van der Waals surface area (Å²) in [5.41, 5.74) is 1.08. The second kappa shape index (κ2) is 9.67. The number of ether oxygens (including phenoxy) is 1. The lowest BCUT2D eigenvalue weighted by molar-refractivity contribution is 0.291. The zero-order chi connectivity index (χ0) is 19.7. The largest absolute Gasteiger partial charge is 0.584 e. The predicted molar refractivity (Wildman–Crippen MR) is 103 cm³/mol. The molecule has 27 heavy (non-hydrogen) atoms. The quantitative estimate of drug-likeness (QED) is 0.602. The number of phosphoric acid groups is 1. The van der Waals surface area contributed by atoms with Crippen LogP contribution in [-0.4, -0.2) is 17.1 Å². The minimum Gasteiger partial charge on any atom is -0.504 e. The SMILES string of the molecule is COc1cc(C)ccc1O.O=P(O)(Oc1ccccc1)Oc1ccccc1. The van der Waals surface area contributed by atoms with Gasteiger partial charge < -0.3 is 18.9 Å². The summed E-state index contributed by atoms with van der Waals surface area (Å²) in [6, 6.07) is 22.0. The third kappa shape index (κ3) is 7.05. The Morgan fingerprint density at radius 3 is 1.70 bits per heavy atom. The number of phosphoric ester groups is 1. The van der Waals surface area contributed by atoms with Gasteiger partial charge in [0.1, 0.15) is 11.5 Å². The zero-order valence-electron chi connectivity index (χ0n) is 15.0. The van der Waals surface area contributed by atoms with E-state index in [9.17, 15) is 9.46 Å². The van der Waals surface area contributed by atoms with E-state index < -0.39 is 7.82 Å². The molecule has 0 aromatic heterocycles. The Kier molecular flexibility index (Phi) is 7.29. The van der Waals surface area contributed by atoms with Crippen molar-refractivity contribution in [2.24, 2.45) is 0 Å². The molecule has 7 heteroatoms. The topological polar surface area (TPSA) is 85.2 Å². The molecule has 0 amide bonds. The van der Waals surface area contributed by atoms with E-state index in [1.807, 2.05) is 13.0 Å². The molecule has 0 aliphatic heterocycles. The van der Waals surface area contributed by atoms with E-state index in [-0.39, 0.29) is 17.2 Å². The van der Waals surface area contributed by atoms with E-state index in [4.69, 9.17) is 18.9 Å². The molecule has 142 valence electrons. The van der Waals surface area contributed by atoms with E-state index in [2.05, 4.69) is 0 Å². The number of benzene rings is 3. The molecular weight excluding hydrogens is 367 g/mol. The third-order valence-corrected chi connectivity index (χ3v) is 4.15. The fourth-order valence-electron chi connectivity index (χ4n) is 2.03. The van der Waals surface area contributed by atoms with Crippen LogP contribution in [-0.2, 0) is 4.57 Å². The van der Waals surface area contributed by atoms with Gasteiger partial charge in [0.25, 0.3) is 0 Å². The molecule has 0 aliphatic carbocycles. The smallest absolute Gasteiger partial charge is 0.504 e. The second-order valence-electron chi connectivity index (χ2n) is 5.45. The lowest BCUT2D eigenvalue weighted by Gasteiger charge is -2.13. The van der Waals surface area contributed by atoms with Gasteiger partial charge in [0.2, 0.25) is 0 Å². The van der Waals surface area contributed by atoms with Crippen molar-refractivity contribution in [3.8, 4) is 23.0 Å². The van der Waals surface area contributed by atoms with Crippen molar-refractivity contribution in [3.63, 3.8) is 0 Å². The Bertz CT molecular complexity index is 838. The van der Waals surface area contributed by atoms with Gasteiger partial charge in [-0.25, -0.2) is 4.57 Å². The van der Waals surface area contributed by atoms with Crippen LogP contribution in [0.5, 0.6) is 23.0 Å². The van der Waals surface area contributed by atoms with Crippen molar-refractivity contribution in [3.05, 3.63) is 84.4 Å². The highest BCUT2D eigenvalue weighted by molar-refractivity contribution is 7.48. The Labute approximate surface area is 158 Å². The van der Waals surface area contributed by atoms with E-state index in [0.29, 0.717) is 5.75 Å². The van der Waals surface area contributed by atoms with Crippen LogP contribution >= 0.6 is 7.82 Å². The van der Waals surface area contributed by atoms with Crippen LogP contribution in [0.4, 0.5) is 0 Å². The number of para-hydroxylation sites is 2. The average molecular weight is 388 g/mol. The van der Waals surface area contributed by atoms with Gasteiger partial charge in [0.15, 0.2) is 11.5 Å². The molecule has 0 fully saturated rings. The van der Waals surface area contributed by atoms with E-state index in [1.165, 1.54) is 7.11 Å². The van der Waals surface area contributed by atoms with Crippen LogP contribution in [0.25, 0.3) is 0 Å². The minimum absolute atomic E-state index is 0.188. The van der Waals surface area contributed by atoms with Crippen LogP contribution in [0.15, 0.2) is 78.9 Å². The molecule has 0 unspecified atom stereocenters. The summed E-state index contributed by atoms with van der Waals surface area (Å²) in [5, 5.41) is 9.11. The van der Waals surface area contributed by atoms with Crippen LogP contribution < -0.4 is 13.8 Å². The highest BCUT2D eigenvalue weighted by atomic mass is 31.2. The molecule has 0 heterocycles. The van der Waals surface area contributed by atoms with Crippen molar-refractivity contribution in [1.82, 2.24) is 0 Å². The standard InChI is InChI=1S/C12H11O4P.C8H10O2/c13-17(14,15-11-7-3-1-4-8-11)16-12-9-5-2-6-10-12;1-6-3-4-7(9)8(5-6)10-2/h1-10H,(H,13,14);3-5,9H,1-2H3. The molecule has 2 N–H and O–H groups in total. The van der Waals surface area contributed by atoms with Crippen LogP contribution in [0, 0.1) is 6.92 Å². The van der Waals surface area contributed by atoms with Gasteiger partial charge in [0.05, 0.1) is 7.11 Å². The number of phenolic OH excluding ortho intramolecular Hbond substituents is 1. The molecular formula is C20H21O6P. The number of hydrogen-bond acceptors (Lipinski definition) is 5. The normalized spacial score (nSPS) is 10.3. The molecule has 0 aliphatic rings. The Morgan fingerprint density at radius 2 is 1.30 bits per heavy atom. The van der Waals surface area contributed by atoms with Crippen molar-refractivity contribution >= 4 is 7.82 Å². The average Bonchev–Trinajstić information content (AvgIpc) is 2.65. The predicted octanol–water partition coefficient (Wildman–Crippen LogP) is 4.95. The number of phenols is 1. The summed E-state index contributed by atoms with van der Waals surface area (Å²) < 4.78 is 26.3. The third-order valence-electron chi connectivity index (χ3n) is 3.26. The molecule has 0 radical (unpaired) electrons. The molecule has 0 saturated heterocycles. The molecule has 0 bridgehead atoms. The highest BCUT2D eigenvalue weighted by Crippen LogP contribution is 2.44. The molecule has 0 atom stereocenters. The first-order valence-electron chi connectivity index (χ1n) is 8.05. The second-order valence-corrected chi connectivity index (χ2v) is 6.75. The number of aryl methyl sites for hydroxylation is 1. The van der Waals surface area contributed by atoms with E-state index in [1.54, 1.807) is 72.8 Å². The van der Waals surface area contributed by atoms with Crippen molar-refractivity contribution in [1.29, 1.82) is 0 Å². The lowest BCUT2D eigenvalue weighted by Crippen LogP contribution is -1.99. The maximum Gasteiger partial charge on any atom is 0.584 e. The Balaban J connectivity index is 0.000000223. The molecule has 6 nitrogen and oxygen atoms in total. The van der Waals surface area contributed by atoms with Crippen LogP contribution in [0.3, 0.4) is 0 Å². The van der Waals surface area contributed by atoms with E-state index >= 15 is 0 Å². The number of aromatic hydroxyl groups is 1. The number of hydrogen-bond donors (Lipinski definition) is 2. The molecule has 0 saturated carbocycles. The fraction of sp³-hybridized carbons (Fsp3) is 0.100. The van der Waals surface area contributed by atoms with Crippen molar-refractivity contribution in [2.75, 3.05) is 7.11 Å². The highest BCUT2D eigenvalue weighted by Gasteiger charge is 2.24. The van der Waals surface area contributed by atoms with Crippen LogP contribution in [0.1, 0.15) is 5.56 Å². The van der Waals surface area contributed by atoms with Gasteiger partial charge in [-0.2, -0.15) is 0 Å². The summed E-state index contributed by atoms with van der Waals surface area (Å²) in [6.07, 6.45) is 0. The molecule has 3 rings (SSSR count). The van der Waals surface area contributed by atoms with Gasteiger partial charge in [-0.3, -0.25) is 4.89 Å². The maximum absolute atomic E-state index is 11.7. The summed E-state index contributed by atoms with van der Waals surface area (Å²) in [4.78, 5) is 9.53. The molecule has 3 aromatic carbocycles. The van der Waals surface area contributed by atoms with E-state index in [0.717, 1.165) is 5.56 Å². The van der Waals surface area contributed by atoms with Gasteiger partial charge in [-0.1, -0.05) is 42.5 Å². The molecule has 0 spiro atoms. The summed E-state index contributed by atoms with van der Waals surface area (Å²) in [5.74, 6) is 1.29. The van der Waals surface area contributed by atoms with Gasteiger partial charge in [-0.05, 0) is 48.9 Å². The Hall–Kier alpha value is -2.95. The molecule has 3 aromatic rings. The Morgan fingerprint density at radius 1 is 0.815 bits per heavy atom. The number of methoxy groups -OCH3 is 1. The van der Waals surface area contributed by atoms with Crippen molar-refractivity contribution < 1.29 is 28.3 Å². The summed E-state index contributed by atoms with van der Waals surface area (Å²) >= 11 is 0. The first-order chi connectivity index (χ1) is 12.9. The summed E-state index contributed by atoms with van der Waals surface area (Å²) in [7, 11) is -2.60. The minimum atomic E-state index is -4.14. The van der Waals surface area contributed by atoms with Gasteiger partial charge >= 0.3 is 7.82 Å². The summed E-state index contributed by atoms with van der Waals surface area (Å²) in [6.45, 7) is 1.95. The van der Waals surface area contributed by atoms with Crippen molar-refractivity contribution in [2.45, 2.75) is 6.92 Å². The van der Waals surface area contributed by atoms with Crippen LogP contribution in [0.2, 0.25) is 0 Å². The first-order valence-corrected chi connectivity index (χ1v) is 9.55. The fourth-order valence-corrected chi connectivity index (χ4v) is 2.85. The number of rotatable bonds is 5. The van der Waals surface area contributed by atoms with Gasteiger partial charge in [0, 0.05) is 0 Å². The monoisotopic (exact) mass is 388 g/mol. The lowest BCUT2D eigenvalue weighted by atomic mass is 10.2. The first kappa shape index (κ1) is 20.4. The van der Waals surface area contributed by atoms with Gasteiger partial charge in [-0.15, -0.1) is 0 Å². The zero-order valence-corrected chi connectivity index (χ0v) is 15.9.